The molecule has 1 amide bonds. The number of hydrogen-bond donors (Lipinski definition) is 0. The average molecular weight is 389 g/mol. The SMILES string of the molecule is CCS(=O)(=O)c1ccccc1C(=O)N=c1sc2c(C)ccc(C)c2n1C. The minimum Gasteiger partial charge on any atom is -0.319 e. The van der Waals surface area contributed by atoms with Gasteiger partial charge >= 0.3 is 0 Å². The lowest BCUT2D eigenvalue weighted by molar-refractivity contribution is 0.0995. The first-order valence-corrected chi connectivity index (χ1v) is 10.7. The summed E-state index contributed by atoms with van der Waals surface area (Å²) < 4.78 is 27.5. The Hall–Kier alpha value is -2.25. The second-order valence-electron chi connectivity index (χ2n) is 6.14. The van der Waals surface area contributed by atoms with Gasteiger partial charge in [0.05, 0.1) is 26.4 Å². The minimum absolute atomic E-state index is 0.0346. The van der Waals surface area contributed by atoms with Crippen molar-refractivity contribution in [2.24, 2.45) is 12.0 Å². The van der Waals surface area contributed by atoms with E-state index >= 15 is 0 Å². The van der Waals surface area contributed by atoms with Gasteiger partial charge in [0.15, 0.2) is 14.6 Å². The predicted octanol–water partition coefficient (Wildman–Crippen LogP) is 3.39. The van der Waals surface area contributed by atoms with E-state index in [4.69, 9.17) is 0 Å². The molecule has 0 aliphatic heterocycles. The Kier molecular flexibility index (Phi) is 4.86. The number of amides is 1. The number of hydrogen-bond acceptors (Lipinski definition) is 4. The number of thiazole rings is 1. The van der Waals surface area contributed by atoms with Gasteiger partial charge in [0.25, 0.3) is 5.91 Å². The zero-order valence-corrected chi connectivity index (χ0v) is 16.7. The number of aromatic nitrogens is 1. The summed E-state index contributed by atoms with van der Waals surface area (Å²) in [5.41, 5.74) is 3.37. The first-order valence-electron chi connectivity index (χ1n) is 8.23. The van der Waals surface area contributed by atoms with Crippen LogP contribution in [0.3, 0.4) is 0 Å². The van der Waals surface area contributed by atoms with Crippen LogP contribution in [-0.4, -0.2) is 24.6 Å². The lowest BCUT2D eigenvalue weighted by Crippen LogP contribution is -2.16. The van der Waals surface area contributed by atoms with Gasteiger partial charge in [-0.2, -0.15) is 4.99 Å². The van der Waals surface area contributed by atoms with Crippen LogP contribution < -0.4 is 4.80 Å². The normalized spacial score (nSPS) is 12.7. The fraction of sp³-hybridized carbons (Fsp3) is 0.263. The van der Waals surface area contributed by atoms with Gasteiger partial charge in [0.1, 0.15) is 0 Å². The minimum atomic E-state index is -3.50. The Morgan fingerprint density at radius 1 is 1.12 bits per heavy atom. The van der Waals surface area contributed by atoms with Gasteiger partial charge in [0.2, 0.25) is 0 Å². The van der Waals surface area contributed by atoms with E-state index in [1.54, 1.807) is 19.1 Å². The van der Waals surface area contributed by atoms with E-state index in [9.17, 15) is 13.2 Å². The van der Waals surface area contributed by atoms with Gasteiger partial charge < -0.3 is 4.57 Å². The number of nitrogens with zero attached hydrogens (tertiary/aromatic N) is 2. The summed E-state index contributed by atoms with van der Waals surface area (Å²) in [6, 6.07) is 10.3. The highest BCUT2D eigenvalue weighted by Crippen LogP contribution is 2.24. The molecule has 2 aromatic carbocycles. The summed E-state index contributed by atoms with van der Waals surface area (Å²) in [6.07, 6.45) is 0. The summed E-state index contributed by atoms with van der Waals surface area (Å²) in [7, 11) is -1.63. The molecular formula is C19H20N2O3S2. The molecule has 0 spiro atoms. The molecule has 136 valence electrons. The standard InChI is InChI=1S/C19H20N2O3S2/c1-5-26(23,24)15-9-7-6-8-14(15)18(22)20-19-21(4)16-12(2)10-11-13(3)17(16)25-19/h6-11H,5H2,1-4H3. The highest BCUT2D eigenvalue weighted by Gasteiger charge is 2.20. The van der Waals surface area contributed by atoms with E-state index in [0.717, 1.165) is 21.3 Å². The largest absolute Gasteiger partial charge is 0.319 e. The maximum absolute atomic E-state index is 12.8. The number of fused-ring (bicyclic) bond motifs is 1. The molecule has 0 fully saturated rings. The third-order valence-electron chi connectivity index (χ3n) is 4.38. The Morgan fingerprint density at radius 2 is 1.77 bits per heavy atom. The van der Waals surface area contributed by atoms with Crippen molar-refractivity contribution in [2.45, 2.75) is 25.7 Å². The molecule has 3 aromatic rings. The Labute approximate surface area is 156 Å². The molecule has 0 saturated heterocycles. The first kappa shape index (κ1) is 18.5. The molecule has 1 aromatic heterocycles. The topological polar surface area (TPSA) is 68.5 Å². The molecule has 0 aliphatic carbocycles. The highest BCUT2D eigenvalue weighted by atomic mass is 32.2. The van der Waals surface area contributed by atoms with Crippen LogP contribution in [0.15, 0.2) is 46.3 Å². The molecule has 0 atom stereocenters. The quantitative estimate of drug-likeness (QED) is 0.691. The van der Waals surface area contributed by atoms with Gasteiger partial charge in [-0.3, -0.25) is 4.79 Å². The Bertz CT molecular complexity index is 1190. The van der Waals surface area contributed by atoms with E-state index in [0.29, 0.717) is 4.80 Å². The number of rotatable bonds is 3. The van der Waals surface area contributed by atoms with E-state index in [2.05, 4.69) is 4.99 Å². The number of carbonyl (C=O) groups excluding carboxylic acids is 1. The Morgan fingerprint density at radius 3 is 2.42 bits per heavy atom. The third-order valence-corrected chi connectivity index (χ3v) is 7.43. The van der Waals surface area contributed by atoms with Crippen LogP contribution in [0.5, 0.6) is 0 Å². The number of benzene rings is 2. The maximum atomic E-state index is 12.8. The van der Waals surface area contributed by atoms with Crippen LogP contribution in [0.25, 0.3) is 10.2 Å². The maximum Gasteiger partial charge on any atom is 0.280 e. The lowest BCUT2D eigenvalue weighted by Gasteiger charge is -2.05. The lowest BCUT2D eigenvalue weighted by atomic mass is 10.1. The molecule has 26 heavy (non-hydrogen) atoms. The summed E-state index contributed by atoms with van der Waals surface area (Å²) in [4.78, 5) is 17.6. The van der Waals surface area contributed by atoms with Gasteiger partial charge in [0, 0.05) is 7.05 Å². The van der Waals surface area contributed by atoms with Gasteiger partial charge in [-0.15, -0.1) is 0 Å². The van der Waals surface area contributed by atoms with Crippen molar-refractivity contribution in [3.05, 3.63) is 57.9 Å². The van der Waals surface area contributed by atoms with Crippen LogP contribution >= 0.6 is 11.3 Å². The molecule has 1 heterocycles. The van der Waals surface area contributed by atoms with Crippen LogP contribution in [0.1, 0.15) is 28.4 Å². The molecule has 0 radical (unpaired) electrons. The van der Waals surface area contributed by atoms with E-state index in [1.807, 2.05) is 37.6 Å². The highest BCUT2D eigenvalue weighted by molar-refractivity contribution is 7.91. The fourth-order valence-corrected chi connectivity index (χ4v) is 5.14. The van der Waals surface area contributed by atoms with E-state index in [1.165, 1.54) is 23.5 Å². The zero-order chi connectivity index (χ0) is 19.1. The van der Waals surface area contributed by atoms with Crippen LogP contribution in [-0.2, 0) is 16.9 Å². The molecular weight excluding hydrogens is 368 g/mol. The van der Waals surface area contributed by atoms with Crippen molar-refractivity contribution in [3.63, 3.8) is 0 Å². The molecule has 3 rings (SSSR count). The average Bonchev–Trinajstić information content (AvgIpc) is 2.96. The zero-order valence-electron chi connectivity index (χ0n) is 15.1. The fourth-order valence-electron chi connectivity index (χ4n) is 2.89. The summed E-state index contributed by atoms with van der Waals surface area (Å²) in [6.45, 7) is 5.60. The Balaban J connectivity index is 2.21. The van der Waals surface area contributed by atoms with Crippen molar-refractivity contribution in [1.29, 1.82) is 0 Å². The van der Waals surface area contributed by atoms with Crippen molar-refractivity contribution < 1.29 is 13.2 Å². The van der Waals surface area contributed by atoms with Crippen molar-refractivity contribution in [2.75, 3.05) is 5.75 Å². The third kappa shape index (κ3) is 3.12. The predicted molar refractivity (Wildman–Crippen MR) is 104 cm³/mol. The van der Waals surface area contributed by atoms with Crippen LogP contribution in [0.4, 0.5) is 0 Å². The monoisotopic (exact) mass is 388 g/mol. The summed E-state index contributed by atoms with van der Waals surface area (Å²) in [5, 5.41) is 0. The summed E-state index contributed by atoms with van der Waals surface area (Å²) >= 11 is 1.43. The van der Waals surface area contributed by atoms with Crippen molar-refractivity contribution in [1.82, 2.24) is 4.57 Å². The second-order valence-corrected chi connectivity index (χ2v) is 9.36. The summed E-state index contributed by atoms with van der Waals surface area (Å²) in [5.74, 6) is -0.609. The molecule has 0 N–H and O–H groups in total. The molecule has 0 aliphatic rings. The van der Waals surface area contributed by atoms with Gasteiger partial charge in [-0.05, 0) is 37.1 Å². The smallest absolute Gasteiger partial charge is 0.280 e. The molecule has 0 bridgehead atoms. The molecule has 0 saturated carbocycles. The van der Waals surface area contributed by atoms with E-state index in [-0.39, 0.29) is 16.2 Å². The van der Waals surface area contributed by atoms with Crippen molar-refractivity contribution in [3.8, 4) is 0 Å². The first-order chi connectivity index (χ1) is 12.3. The van der Waals surface area contributed by atoms with Crippen LogP contribution in [0.2, 0.25) is 0 Å². The van der Waals surface area contributed by atoms with E-state index < -0.39 is 15.7 Å². The number of aryl methyl sites for hydroxylation is 3. The second kappa shape index (κ2) is 6.81. The molecule has 0 unspecified atom stereocenters. The van der Waals surface area contributed by atoms with Crippen LogP contribution in [0, 0.1) is 13.8 Å². The molecule has 7 heteroatoms. The molecule has 5 nitrogen and oxygen atoms in total. The van der Waals surface area contributed by atoms with Crippen molar-refractivity contribution >= 4 is 37.3 Å². The van der Waals surface area contributed by atoms with Gasteiger partial charge in [-0.25, -0.2) is 8.42 Å². The van der Waals surface area contributed by atoms with Gasteiger partial charge in [-0.1, -0.05) is 42.5 Å². The number of carbonyl (C=O) groups is 1. The number of sulfone groups is 1.